The standard InChI is InChI=1S/C27H28ClN3O3S/c1-5-6-7-8-19(28)11-13-29-18-31-22-10-9-20(15-27(22)35-4)34-24-12-14-30-23-17-26(33-3)25(32-2)16-21(23)24/h5-12,14-18H,13H2,1-4H3,(H,29,31)/b6-5-,8-7-,19-11-. The van der Waals surface area contributed by atoms with Gasteiger partial charge in [-0.15, -0.1) is 11.8 Å². The molecule has 1 aromatic heterocycles. The number of aliphatic imine (C=N–C) groups is 1. The zero-order chi connectivity index (χ0) is 25.0. The molecule has 3 aromatic rings. The van der Waals surface area contributed by atoms with Crippen LogP contribution >= 0.6 is 23.4 Å². The summed E-state index contributed by atoms with van der Waals surface area (Å²) >= 11 is 7.74. The van der Waals surface area contributed by atoms with E-state index in [1.54, 1.807) is 38.5 Å². The monoisotopic (exact) mass is 509 g/mol. The quantitative estimate of drug-likeness (QED) is 0.125. The van der Waals surface area contributed by atoms with Crippen LogP contribution in [0.4, 0.5) is 5.69 Å². The Hall–Kier alpha value is -3.42. The third-order valence-corrected chi connectivity index (χ3v) is 5.93. The average molecular weight is 510 g/mol. The molecule has 1 N–H and O–H groups in total. The second-order valence-corrected chi connectivity index (χ2v) is 8.39. The van der Waals surface area contributed by atoms with Gasteiger partial charge in [0.05, 0.1) is 38.3 Å². The van der Waals surface area contributed by atoms with Crippen molar-refractivity contribution >= 4 is 46.3 Å². The van der Waals surface area contributed by atoms with Gasteiger partial charge in [0, 0.05) is 27.6 Å². The lowest BCUT2D eigenvalue weighted by atomic mass is 10.2. The number of allylic oxidation sites excluding steroid dienone is 5. The van der Waals surface area contributed by atoms with Crippen LogP contribution in [-0.2, 0) is 0 Å². The predicted octanol–water partition coefficient (Wildman–Crippen LogP) is 7.46. The Bertz CT molecular complexity index is 1270. The van der Waals surface area contributed by atoms with Gasteiger partial charge in [-0.1, -0.05) is 29.8 Å². The van der Waals surface area contributed by atoms with Crippen LogP contribution in [0.2, 0.25) is 0 Å². The first kappa shape index (κ1) is 26.2. The minimum absolute atomic E-state index is 0.477. The fourth-order valence-electron chi connectivity index (χ4n) is 3.15. The molecule has 0 saturated heterocycles. The van der Waals surface area contributed by atoms with Gasteiger partial charge in [0.15, 0.2) is 11.5 Å². The Morgan fingerprint density at radius 2 is 1.89 bits per heavy atom. The summed E-state index contributed by atoms with van der Waals surface area (Å²) in [6, 6.07) is 11.4. The Morgan fingerprint density at radius 1 is 1.09 bits per heavy atom. The summed E-state index contributed by atoms with van der Waals surface area (Å²) < 4.78 is 17.1. The van der Waals surface area contributed by atoms with Gasteiger partial charge in [-0.2, -0.15) is 0 Å². The maximum absolute atomic E-state index is 6.23. The van der Waals surface area contributed by atoms with E-state index in [0.29, 0.717) is 34.6 Å². The van der Waals surface area contributed by atoms with Gasteiger partial charge < -0.3 is 19.5 Å². The Kier molecular flexibility index (Phi) is 10.1. The van der Waals surface area contributed by atoms with Crippen molar-refractivity contribution in [3.05, 3.63) is 78.0 Å². The number of aromatic nitrogens is 1. The van der Waals surface area contributed by atoms with E-state index in [4.69, 9.17) is 25.8 Å². The summed E-state index contributed by atoms with van der Waals surface area (Å²) in [7, 11) is 3.21. The lowest BCUT2D eigenvalue weighted by molar-refractivity contribution is 0.355. The molecule has 0 amide bonds. The van der Waals surface area contributed by atoms with Crippen molar-refractivity contribution in [1.29, 1.82) is 0 Å². The zero-order valence-electron chi connectivity index (χ0n) is 20.1. The molecule has 1 heterocycles. The highest BCUT2D eigenvalue weighted by atomic mass is 35.5. The number of ether oxygens (including phenoxy) is 3. The fourth-order valence-corrected chi connectivity index (χ4v) is 3.87. The number of benzene rings is 2. The van der Waals surface area contributed by atoms with Crippen LogP contribution in [0.15, 0.2) is 87.9 Å². The lowest BCUT2D eigenvalue weighted by Crippen LogP contribution is -1.98. The highest BCUT2D eigenvalue weighted by Crippen LogP contribution is 2.38. The van der Waals surface area contributed by atoms with Crippen molar-refractivity contribution in [2.24, 2.45) is 4.99 Å². The van der Waals surface area contributed by atoms with Crippen LogP contribution in [0.3, 0.4) is 0 Å². The van der Waals surface area contributed by atoms with Crippen LogP contribution < -0.4 is 19.5 Å². The van der Waals surface area contributed by atoms with Crippen molar-refractivity contribution < 1.29 is 14.2 Å². The van der Waals surface area contributed by atoms with E-state index in [1.807, 2.05) is 80.0 Å². The maximum Gasteiger partial charge on any atom is 0.162 e. The van der Waals surface area contributed by atoms with E-state index in [1.165, 1.54) is 0 Å². The average Bonchev–Trinajstić information content (AvgIpc) is 2.88. The molecule has 0 aliphatic heterocycles. The summed E-state index contributed by atoms with van der Waals surface area (Å²) in [6.45, 7) is 2.43. The molecule has 0 aliphatic carbocycles. The van der Waals surface area contributed by atoms with Crippen molar-refractivity contribution in [1.82, 2.24) is 4.98 Å². The number of pyridine rings is 1. The van der Waals surface area contributed by atoms with Gasteiger partial charge in [0.1, 0.15) is 11.5 Å². The number of thioether (sulfide) groups is 1. The summed E-state index contributed by atoms with van der Waals surface area (Å²) in [5.41, 5.74) is 1.69. The zero-order valence-corrected chi connectivity index (χ0v) is 21.7. The first-order chi connectivity index (χ1) is 17.1. The molecular weight excluding hydrogens is 482 g/mol. The topological polar surface area (TPSA) is 65.0 Å². The molecule has 0 fully saturated rings. The summed E-state index contributed by atoms with van der Waals surface area (Å²) in [4.78, 5) is 9.80. The van der Waals surface area contributed by atoms with Crippen LogP contribution in [0.25, 0.3) is 10.9 Å². The highest BCUT2D eigenvalue weighted by Gasteiger charge is 2.12. The van der Waals surface area contributed by atoms with E-state index < -0.39 is 0 Å². The molecule has 2 aromatic carbocycles. The Labute approximate surface area is 215 Å². The molecule has 8 heteroatoms. The number of nitrogens with zero attached hydrogens (tertiary/aromatic N) is 2. The Morgan fingerprint density at radius 3 is 2.63 bits per heavy atom. The van der Waals surface area contributed by atoms with E-state index >= 15 is 0 Å². The molecule has 182 valence electrons. The summed E-state index contributed by atoms with van der Waals surface area (Å²) in [5.74, 6) is 2.62. The van der Waals surface area contributed by atoms with Crippen molar-refractivity contribution in [3.8, 4) is 23.0 Å². The maximum atomic E-state index is 6.23. The van der Waals surface area contributed by atoms with Gasteiger partial charge in [-0.3, -0.25) is 9.98 Å². The minimum Gasteiger partial charge on any atom is -0.493 e. The van der Waals surface area contributed by atoms with Gasteiger partial charge >= 0.3 is 0 Å². The van der Waals surface area contributed by atoms with E-state index in [0.717, 1.165) is 21.5 Å². The SMILES string of the molecule is C\C=C/C=C\C(Cl)=C\CN=CNc1ccc(Oc2ccnc3cc(OC)c(OC)cc23)cc1SC. The molecule has 0 atom stereocenters. The van der Waals surface area contributed by atoms with Crippen LogP contribution in [0, 0.1) is 0 Å². The number of rotatable bonds is 11. The normalized spacial score (nSPS) is 12.2. The molecular formula is C27H28ClN3O3S. The first-order valence-electron chi connectivity index (χ1n) is 10.9. The van der Waals surface area contributed by atoms with Crippen molar-refractivity contribution in [2.75, 3.05) is 32.3 Å². The van der Waals surface area contributed by atoms with Gasteiger partial charge in [-0.05, 0) is 55.7 Å². The van der Waals surface area contributed by atoms with Gasteiger partial charge in [-0.25, -0.2) is 0 Å². The van der Waals surface area contributed by atoms with Crippen LogP contribution in [-0.4, -0.2) is 38.3 Å². The molecule has 3 rings (SSSR count). The third kappa shape index (κ3) is 7.28. The molecule has 0 aliphatic rings. The Balaban J connectivity index is 1.73. The largest absolute Gasteiger partial charge is 0.493 e. The number of fused-ring (bicyclic) bond motifs is 1. The highest BCUT2D eigenvalue weighted by molar-refractivity contribution is 7.98. The molecule has 0 bridgehead atoms. The van der Waals surface area contributed by atoms with E-state index in [2.05, 4.69) is 15.3 Å². The predicted molar refractivity (Wildman–Crippen MR) is 148 cm³/mol. The first-order valence-corrected chi connectivity index (χ1v) is 12.5. The molecule has 0 saturated carbocycles. The molecule has 0 spiro atoms. The minimum atomic E-state index is 0.477. The number of anilines is 1. The van der Waals surface area contributed by atoms with Crippen molar-refractivity contribution in [2.45, 2.75) is 11.8 Å². The second-order valence-electron chi connectivity index (χ2n) is 7.11. The number of halogens is 1. The third-order valence-electron chi connectivity index (χ3n) is 4.87. The number of hydrogen-bond donors (Lipinski definition) is 1. The number of nitrogens with one attached hydrogen (secondary N) is 1. The van der Waals surface area contributed by atoms with Crippen LogP contribution in [0.5, 0.6) is 23.0 Å². The smallest absolute Gasteiger partial charge is 0.162 e. The molecule has 35 heavy (non-hydrogen) atoms. The van der Waals surface area contributed by atoms with Crippen LogP contribution in [0.1, 0.15) is 6.92 Å². The summed E-state index contributed by atoms with van der Waals surface area (Å²) in [5, 5.41) is 4.70. The summed E-state index contributed by atoms with van der Waals surface area (Å²) in [6.07, 6.45) is 14.8. The molecule has 6 nitrogen and oxygen atoms in total. The van der Waals surface area contributed by atoms with Gasteiger partial charge in [0.25, 0.3) is 0 Å². The van der Waals surface area contributed by atoms with Gasteiger partial charge in [0.2, 0.25) is 0 Å². The lowest BCUT2D eigenvalue weighted by Gasteiger charge is -2.14. The van der Waals surface area contributed by atoms with E-state index in [9.17, 15) is 0 Å². The number of hydrogen-bond acceptors (Lipinski definition) is 6. The number of methoxy groups -OCH3 is 2. The molecule has 0 radical (unpaired) electrons. The van der Waals surface area contributed by atoms with Crippen molar-refractivity contribution in [3.63, 3.8) is 0 Å². The fraction of sp³-hybridized carbons (Fsp3) is 0.185. The molecule has 0 unspecified atom stereocenters. The second kappa shape index (κ2) is 13.5. The van der Waals surface area contributed by atoms with E-state index in [-0.39, 0.29) is 0 Å².